The summed E-state index contributed by atoms with van der Waals surface area (Å²) in [6.45, 7) is 9.88. The van der Waals surface area contributed by atoms with E-state index in [0.717, 1.165) is 32.7 Å². The minimum atomic E-state index is 0.700. The van der Waals surface area contributed by atoms with Crippen LogP contribution >= 0.6 is 0 Å². The maximum Gasteiger partial charge on any atom is 0.0233 e. The van der Waals surface area contributed by atoms with Gasteiger partial charge in [-0.2, -0.15) is 0 Å². The van der Waals surface area contributed by atoms with E-state index in [0.29, 0.717) is 5.92 Å². The standard InChI is InChI=1S/C18H33N3/c1-16(2)13-19-14-17-9-6-7-10-18(17)15-21(5)12-8-11-20(3)4/h6-7,9-10,16,19H,8,11-15H2,1-5H3. The van der Waals surface area contributed by atoms with Gasteiger partial charge < -0.3 is 15.1 Å². The minimum absolute atomic E-state index is 0.700. The van der Waals surface area contributed by atoms with Crippen molar-refractivity contribution < 1.29 is 0 Å². The van der Waals surface area contributed by atoms with Gasteiger partial charge in [0.15, 0.2) is 0 Å². The van der Waals surface area contributed by atoms with Crippen molar-refractivity contribution in [2.24, 2.45) is 5.92 Å². The van der Waals surface area contributed by atoms with E-state index in [1.807, 2.05) is 0 Å². The molecule has 0 aromatic heterocycles. The zero-order valence-corrected chi connectivity index (χ0v) is 14.5. The maximum absolute atomic E-state index is 3.55. The van der Waals surface area contributed by atoms with Crippen molar-refractivity contribution in [1.29, 1.82) is 0 Å². The number of rotatable bonds is 10. The van der Waals surface area contributed by atoms with Gasteiger partial charge in [0.2, 0.25) is 0 Å². The molecule has 0 saturated heterocycles. The molecule has 0 unspecified atom stereocenters. The molecule has 0 bridgehead atoms. The molecule has 1 aromatic rings. The lowest BCUT2D eigenvalue weighted by Crippen LogP contribution is -2.25. The molecule has 0 aliphatic rings. The molecule has 0 atom stereocenters. The van der Waals surface area contributed by atoms with Crippen molar-refractivity contribution in [3.63, 3.8) is 0 Å². The Morgan fingerprint density at radius 2 is 1.67 bits per heavy atom. The van der Waals surface area contributed by atoms with Crippen LogP contribution in [0.2, 0.25) is 0 Å². The van der Waals surface area contributed by atoms with Crippen LogP contribution in [0.1, 0.15) is 31.4 Å². The highest BCUT2D eigenvalue weighted by Gasteiger charge is 2.06. The van der Waals surface area contributed by atoms with Gasteiger partial charge >= 0.3 is 0 Å². The van der Waals surface area contributed by atoms with Gasteiger partial charge in [-0.1, -0.05) is 38.1 Å². The fourth-order valence-corrected chi connectivity index (χ4v) is 2.41. The zero-order valence-electron chi connectivity index (χ0n) is 14.5. The van der Waals surface area contributed by atoms with Gasteiger partial charge in [0.1, 0.15) is 0 Å². The van der Waals surface area contributed by atoms with E-state index in [9.17, 15) is 0 Å². The van der Waals surface area contributed by atoms with Crippen molar-refractivity contribution in [3.8, 4) is 0 Å². The molecule has 0 radical (unpaired) electrons. The van der Waals surface area contributed by atoms with Crippen LogP contribution < -0.4 is 5.32 Å². The van der Waals surface area contributed by atoms with Gasteiger partial charge in [-0.3, -0.25) is 0 Å². The molecule has 0 saturated carbocycles. The Bertz CT molecular complexity index is 388. The average molecular weight is 291 g/mol. The lowest BCUT2D eigenvalue weighted by Gasteiger charge is -2.20. The van der Waals surface area contributed by atoms with Crippen LogP contribution in [0.3, 0.4) is 0 Å². The Morgan fingerprint density at radius 3 is 2.29 bits per heavy atom. The largest absolute Gasteiger partial charge is 0.312 e. The summed E-state index contributed by atoms with van der Waals surface area (Å²) < 4.78 is 0. The first kappa shape index (κ1) is 18.1. The highest BCUT2D eigenvalue weighted by molar-refractivity contribution is 5.26. The number of nitrogens with one attached hydrogen (secondary N) is 1. The average Bonchev–Trinajstić information content (AvgIpc) is 2.40. The van der Waals surface area contributed by atoms with E-state index in [2.05, 4.69) is 74.4 Å². The summed E-state index contributed by atoms with van der Waals surface area (Å²) in [6.07, 6.45) is 1.22. The van der Waals surface area contributed by atoms with Crippen molar-refractivity contribution in [3.05, 3.63) is 35.4 Å². The van der Waals surface area contributed by atoms with Crippen molar-refractivity contribution >= 4 is 0 Å². The maximum atomic E-state index is 3.55. The quantitative estimate of drug-likeness (QED) is 0.715. The van der Waals surface area contributed by atoms with Crippen molar-refractivity contribution in [2.75, 3.05) is 40.8 Å². The molecule has 1 aromatic carbocycles. The fraction of sp³-hybridized carbons (Fsp3) is 0.667. The van der Waals surface area contributed by atoms with E-state index in [4.69, 9.17) is 0 Å². The summed E-state index contributed by atoms with van der Waals surface area (Å²) in [6, 6.07) is 8.79. The Balaban J connectivity index is 2.46. The minimum Gasteiger partial charge on any atom is -0.312 e. The highest BCUT2D eigenvalue weighted by atomic mass is 15.1. The van der Waals surface area contributed by atoms with E-state index in [-0.39, 0.29) is 0 Å². The lowest BCUT2D eigenvalue weighted by molar-refractivity contribution is 0.294. The Kier molecular flexibility index (Phi) is 8.58. The predicted molar refractivity (Wildman–Crippen MR) is 92.5 cm³/mol. The van der Waals surface area contributed by atoms with E-state index < -0.39 is 0 Å². The van der Waals surface area contributed by atoms with Gasteiger partial charge in [0.25, 0.3) is 0 Å². The van der Waals surface area contributed by atoms with Crippen LogP contribution in [0, 0.1) is 5.92 Å². The molecule has 1 rings (SSSR count). The molecule has 0 fully saturated rings. The molecule has 21 heavy (non-hydrogen) atoms. The molecule has 0 heterocycles. The summed E-state index contributed by atoms with van der Waals surface area (Å²) in [5.74, 6) is 0.700. The topological polar surface area (TPSA) is 18.5 Å². The first-order chi connectivity index (χ1) is 9.99. The molecule has 0 aliphatic heterocycles. The van der Waals surface area contributed by atoms with Gasteiger partial charge in [0, 0.05) is 13.1 Å². The molecule has 3 heteroatoms. The summed E-state index contributed by atoms with van der Waals surface area (Å²) >= 11 is 0. The third-order valence-electron chi connectivity index (χ3n) is 3.57. The Morgan fingerprint density at radius 1 is 1.00 bits per heavy atom. The summed E-state index contributed by atoms with van der Waals surface area (Å²) in [5, 5.41) is 3.55. The van der Waals surface area contributed by atoms with Gasteiger partial charge in [-0.05, 0) is 64.2 Å². The number of hydrogen-bond donors (Lipinski definition) is 1. The fourth-order valence-electron chi connectivity index (χ4n) is 2.41. The monoisotopic (exact) mass is 291 g/mol. The van der Waals surface area contributed by atoms with E-state index >= 15 is 0 Å². The number of hydrogen-bond acceptors (Lipinski definition) is 3. The van der Waals surface area contributed by atoms with Crippen LogP contribution in [-0.4, -0.2) is 50.6 Å². The van der Waals surface area contributed by atoms with E-state index in [1.165, 1.54) is 17.5 Å². The number of benzene rings is 1. The van der Waals surface area contributed by atoms with Gasteiger partial charge in [0.05, 0.1) is 0 Å². The van der Waals surface area contributed by atoms with Gasteiger partial charge in [-0.25, -0.2) is 0 Å². The second kappa shape index (κ2) is 9.93. The summed E-state index contributed by atoms with van der Waals surface area (Å²) in [4.78, 5) is 4.67. The molecule has 0 aliphatic carbocycles. The second-order valence-electron chi connectivity index (χ2n) is 6.69. The first-order valence-electron chi connectivity index (χ1n) is 8.09. The lowest BCUT2D eigenvalue weighted by atomic mass is 10.1. The predicted octanol–water partition coefficient (Wildman–Crippen LogP) is 2.82. The smallest absolute Gasteiger partial charge is 0.0233 e. The molecule has 0 amide bonds. The van der Waals surface area contributed by atoms with Crippen LogP contribution in [0.5, 0.6) is 0 Å². The van der Waals surface area contributed by atoms with Crippen LogP contribution in [0.15, 0.2) is 24.3 Å². The molecular formula is C18H33N3. The molecule has 3 nitrogen and oxygen atoms in total. The van der Waals surface area contributed by atoms with Crippen LogP contribution in [-0.2, 0) is 13.1 Å². The highest BCUT2D eigenvalue weighted by Crippen LogP contribution is 2.11. The molecule has 0 spiro atoms. The number of nitrogens with zero attached hydrogens (tertiary/aromatic N) is 2. The van der Waals surface area contributed by atoms with Crippen LogP contribution in [0.25, 0.3) is 0 Å². The third kappa shape index (κ3) is 8.20. The Hall–Kier alpha value is -0.900. The third-order valence-corrected chi connectivity index (χ3v) is 3.57. The molecule has 120 valence electrons. The van der Waals surface area contributed by atoms with Crippen LogP contribution in [0.4, 0.5) is 0 Å². The summed E-state index contributed by atoms with van der Waals surface area (Å²) in [5.41, 5.74) is 2.87. The second-order valence-corrected chi connectivity index (χ2v) is 6.69. The SMILES string of the molecule is CC(C)CNCc1ccccc1CN(C)CCCN(C)C. The normalized spacial score (nSPS) is 11.8. The van der Waals surface area contributed by atoms with Crippen molar-refractivity contribution in [2.45, 2.75) is 33.4 Å². The summed E-state index contributed by atoms with van der Waals surface area (Å²) in [7, 11) is 6.49. The first-order valence-corrected chi connectivity index (χ1v) is 8.09. The molecular weight excluding hydrogens is 258 g/mol. The van der Waals surface area contributed by atoms with E-state index in [1.54, 1.807) is 0 Å². The zero-order chi connectivity index (χ0) is 15.7. The molecule has 1 N–H and O–H groups in total. The van der Waals surface area contributed by atoms with Gasteiger partial charge in [-0.15, -0.1) is 0 Å². The van der Waals surface area contributed by atoms with Crippen molar-refractivity contribution in [1.82, 2.24) is 15.1 Å². The Labute approximate surface area is 131 Å².